The van der Waals surface area contributed by atoms with E-state index in [0.29, 0.717) is 0 Å². The molecule has 1 fully saturated rings. The molecule has 0 radical (unpaired) electrons. The maximum atomic E-state index is 6.36. The summed E-state index contributed by atoms with van der Waals surface area (Å²) in [5.41, 5.74) is 6.51. The first-order chi connectivity index (χ1) is 7.94. The quantitative estimate of drug-likeness (QED) is 0.671. The van der Waals surface area contributed by atoms with Crippen molar-refractivity contribution >= 4 is 0 Å². The molecule has 1 aliphatic rings. The Labute approximate surface area is 108 Å². The summed E-state index contributed by atoms with van der Waals surface area (Å²) in [5, 5.41) is 3.62. The molecular formula is C15H32N2. The van der Waals surface area contributed by atoms with Gasteiger partial charge in [-0.25, -0.2) is 0 Å². The van der Waals surface area contributed by atoms with E-state index in [9.17, 15) is 0 Å². The van der Waals surface area contributed by atoms with Gasteiger partial charge in [-0.3, -0.25) is 0 Å². The number of hydrogen-bond acceptors (Lipinski definition) is 2. The minimum absolute atomic E-state index is 0.151. The SMILES string of the molecule is CC(C)C(CNCCC1(N)CCCC1)C(C)C. The minimum atomic E-state index is 0.151. The van der Waals surface area contributed by atoms with Crippen molar-refractivity contribution in [3.63, 3.8) is 0 Å². The van der Waals surface area contributed by atoms with Crippen LogP contribution in [0.2, 0.25) is 0 Å². The van der Waals surface area contributed by atoms with Gasteiger partial charge in [0.25, 0.3) is 0 Å². The molecule has 1 rings (SSSR count). The number of nitrogens with one attached hydrogen (secondary N) is 1. The lowest BCUT2D eigenvalue weighted by Gasteiger charge is -2.27. The van der Waals surface area contributed by atoms with Gasteiger partial charge in [-0.05, 0) is 50.1 Å². The van der Waals surface area contributed by atoms with Gasteiger partial charge in [0.05, 0.1) is 0 Å². The first-order valence-corrected chi connectivity index (χ1v) is 7.44. The Morgan fingerprint density at radius 1 is 1.06 bits per heavy atom. The van der Waals surface area contributed by atoms with Crippen LogP contribution in [0.4, 0.5) is 0 Å². The standard InChI is InChI=1S/C15H32N2/c1-12(2)14(13(3)4)11-17-10-9-15(16)7-5-6-8-15/h12-14,17H,5-11,16H2,1-4H3. The van der Waals surface area contributed by atoms with Crippen LogP contribution in [-0.4, -0.2) is 18.6 Å². The molecule has 0 aromatic heterocycles. The van der Waals surface area contributed by atoms with Crippen LogP contribution in [0.3, 0.4) is 0 Å². The highest BCUT2D eigenvalue weighted by molar-refractivity contribution is 4.89. The zero-order valence-corrected chi connectivity index (χ0v) is 12.3. The first-order valence-electron chi connectivity index (χ1n) is 7.44. The lowest BCUT2D eigenvalue weighted by molar-refractivity contribution is 0.271. The van der Waals surface area contributed by atoms with E-state index in [1.54, 1.807) is 0 Å². The summed E-state index contributed by atoms with van der Waals surface area (Å²) in [4.78, 5) is 0. The highest BCUT2D eigenvalue weighted by Gasteiger charge is 2.28. The van der Waals surface area contributed by atoms with Crippen LogP contribution in [0, 0.1) is 17.8 Å². The molecule has 0 spiro atoms. The van der Waals surface area contributed by atoms with Crippen LogP contribution in [0.5, 0.6) is 0 Å². The van der Waals surface area contributed by atoms with E-state index in [0.717, 1.165) is 37.3 Å². The first kappa shape index (κ1) is 15.0. The van der Waals surface area contributed by atoms with Gasteiger partial charge in [0.15, 0.2) is 0 Å². The van der Waals surface area contributed by atoms with Gasteiger partial charge in [-0.2, -0.15) is 0 Å². The molecule has 2 heteroatoms. The van der Waals surface area contributed by atoms with Crippen LogP contribution in [-0.2, 0) is 0 Å². The predicted octanol–water partition coefficient (Wildman–Crippen LogP) is 3.17. The Morgan fingerprint density at radius 3 is 2.06 bits per heavy atom. The molecule has 1 aliphatic carbocycles. The second-order valence-corrected chi connectivity index (χ2v) is 6.68. The average Bonchev–Trinajstić information content (AvgIpc) is 2.64. The van der Waals surface area contributed by atoms with E-state index in [1.807, 2.05) is 0 Å². The average molecular weight is 240 g/mol. The summed E-state index contributed by atoms with van der Waals surface area (Å²) >= 11 is 0. The van der Waals surface area contributed by atoms with Crippen LogP contribution < -0.4 is 11.1 Å². The summed E-state index contributed by atoms with van der Waals surface area (Å²) < 4.78 is 0. The second kappa shape index (κ2) is 6.75. The molecule has 17 heavy (non-hydrogen) atoms. The zero-order valence-electron chi connectivity index (χ0n) is 12.3. The molecule has 0 saturated heterocycles. The van der Waals surface area contributed by atoms with Crippen LogP contribution in [0.25, 0.3) is 0 Å². The van der Waals surface area contributed by atoms with E-state index >= 15 is 0 Å². The van der Waals surface area contributed by atoms with E-state index in [4.69, 9.17) is 5.73 Å². The summed E-state index contributed by atoms with van der Waals surface area (Å²) in [7, 11) is 0. The Morgan fingerprint density at radius 2 is 1.59 bits per heavy atom. The summed E-state index contributed by atoms with van der Waals surface area (Å²) in [6.07, 6.45) is 6.27. The Bertz CT molecular complexity index is 197. The molecule has 3 N–H and O–H groups in total. The van der Waals surface area contributed by atoms with Crippen molar-refractivity contribution in [1.29, 1.82) is 0 Å². The van der Waals surface area contributed by atoms with Gasteiger partial charge in [-0.15, -0.1) is 0 Å². The highest BCUT2D eigenvalue weighted by atomic mass is 14.9. The smallest absolute Gasteiger partial charge is 0.0166 e. The number of nitrogens with two attached hydrogens (primary N) is 1. The van der Waals surface area contributed by atoms with Crippen molar-refractivity contribution in [2.24, 2.45) is 23.5 Å². The molecular weight excluding hydrogens is 208 g/mol. The van der Waals surface area contributed by atoms with Crippen LogP contribution in [0.1, 0.15) is 59.8 Å². The van der Waals surface area contributed by atoms with E-state index < -0.39 is 0 Å². The molecule has 0 heterocycles. The summed E-state index contributed by atoms with van der Waals surface area (Å²) in [6, 6.07) is 0. The third-order valence-electron chi connectivity index (χ3n) is 4.49. The molecule has 0 aliphatic heterocycles. The van der Waals surface area contributed by atoms with Gasteiger partial charge >= 0.3 is 0 Å². The Balaban J connectivity index is 2.18. The van der Waals surface area contributed by atoms with Gasteiger partial charge in [0.1, 0.15) is 0 Å². The fourth-order valence-corrected chi connectivity index (χ4v) is 3.18. The lowest BCUT2D eigenvalue weighted by atomic mass is 9.85. The monoisotopic (exact) mass is 240 g/mol. The molecule has 102 valence electrons. The van der Waals surface area contributed by atoms with E-state index in [1.165, 1.54) is 25.7 Å². The lowest BCUT2D eigenvalue weighted by Crippen LogP contribution is -2.40. The molecule has 1 saturated carbocycles. The van der Waals surface area contributed by atoms with Crippen LogP contribution in [0.15, 0.2) is 0 Å². The molecule has 0 amide bonds. The van der Waals surface area contributed by atoms with Crippen LogP contribution >= 0.6 is 0 Å². The Hall–Kier alpha value is -0.0800. The topological polar surface area (TPSA) is 38.0 Å². The van der Waals surface area contributed by atoms with Crippen molar-refractivity contribution in [3.8, 4) is 0 Å². The van der Waals surface area contributed by atoms with Gasteiger partial charge in [0.2, 0.25) is 0 Å². The summed E-state index contributed by atoms with van der Waals surface area (Å²) in [6.45, 7) is 11.5. The zero-order chi connectivity index (χ0) is 12.9. The molecule has 0 unspecified atom stereocenters. The number of hydrogen-bond donors (Lipinski definition) is 2. The third-order valence-corrected chi connectivity index (χ3v) is 4.49. The van der Waals surface area contributed by atoms with E-state index in [2.05, 4.69) is 33.0 Å². The molecule has 0 bridgehead atoms. The molecule has 2 nitrogen and oxygen atoms in total. The molecule has 0 aromatic carbocycles. The van der Waals surface area contributed by atoms with Crippen molar-refractivity contribution in [2.45, 2.75) is 65.3 Å². The Kier molecular flexibility index (Phi) is 5.94. The highest BCUT2D eigenvalue weighted by Crippen LogP contribution is 2.29. The second-order valence-electron chi connectivity index (χ2n) is 6.68. The molecule has 0 aromatic rings. The van der Waals surface area contributed by atoms with Crippen molar-refractivity contribution < 1.29 is 0 Å². The third kappa shape index (κ3) is 4.97. The maximum absolute atomic E-state index is 6.36. The van der Waals surface area contributed by atoms with Crippen molar-refractivity contribution in [2.75, 3.05) is 13.1 Å². The van der Waals surface area contributed by atoms with Gasteiger partial charge < -0.3 is 11.1 Å². The molecule has 0 atom stereocenters. The fraction of sp³-hybridized carbons (Fsp3) is 1.00. The van der Waals surface area contributed by atoms with Crippen molar-refractivity contribution in [1.82, 2.24) is 5.32 Å². The predicted molar refractivity (Wildman–Crippen MR) is 76.0 cm³/mol. The van der Waals surface area contributed by atoms with Gasteiger partial charge in [0, 0.05) is 5.54 Å². The summed E-state index contributed by atoms with van der Waals surface area (Å²) in [5.74, 6) is 2.31. The largest absolute Gasteiger partial charge is 0.325 e. The van der Waals surface area contributed by atoms with Crippen molar-refractivity contribution in [3.05, 3.63) is 0 Å². The number of rotatable bonds is 7. The fourth-order valence-electron chi connectivity index (χ4n) is 3.18. The van der Waals surface area contributed by atoms with Gasteiger partial charge in [-0.1, -0.05) is 40.5 Å². The minimum Gasteiger partial charge on any atom is -0.325 e. The normalized spacial score (nSPS) is 19.8. The van der Waals surface area contributed by atoms with E-state index in [-0.39, 0.29) is 5.54 Å². The maximum Gasteiger partial charge on any atom is 0.0166 e.